The molecule has 0 fully saturated rings. The van der Waals surface area contributed by atoms with Gasteiger partial charge in [0, 0.05) is 44.8 Å². The number of benzene rings is 8. The third kappa shape index (κ3) is 8.56. The van der Waals surface area contributed by atoms with E-state index in [4.69, 9.17) is 0 Å². The number of rotatable bonds is 8. The Kier molecular flexibility index (Phi) is 12.2. The summed E-state index contributed by atoms with van der Waals surface area (Å²) in [7, 11) is 0. The molecule has 0 saturated carbocycles. The van der Waals surface area contributed by atoms with E-state index >= 15 is 0 Å². The summed E-state index contributed by atoms with van der Waals surface area (Å²) in [4.78, 5) is 5.35. The van der Waals surface area contributed by atoms with Gasteiger partial charge >= 0.3 is 0 Å². The summed E-state index contributed by atoms with van der Waals surface area (Å²) < 4.78 is 0. The van der Waals surface area contributed by atoms with Gasteiger partial charge in [-0.05, 0) is 161 Å². The lowest BCUT2D eigenvalue weighted by atomic mass is 9.32. The Labute approximate surface area is 457 Å². The lowest BCUT2D eigenvalue weighted by Gasteiger charge is -2.48. The Morgan fingerprint density at radius 1 is 0.408 bits per heavy atom. The van der Waals surface area contributed by atoms with Gasteiger partial charge < -0.3 is 9.80 Å². The van der Waals surface area contributed by atoms with E-state index < -0.39 is 0 Å². The Morgan fingerprint density at radius 3 is 1.46 bits per heavy atom. The number of fused-ring (bicyclic) bond motifs is 5. The van der Waals surface area contributed by atoms with Gasteiger partial charge in [0.2, 0.25) is 0 Å². The Morgan fingerprint density at radius 2 is 0.882 bits per heavy atom. The highest BCUT2D eigenvalue weighted by molar-refractivity contribution is 7.00. The molecule has 0 atom stereocenters. The van der Waals surface area contributed by atoms with Gasteiger partial charge in [0.1, 0.15) is 0 Å². The van der Waals surface area contributed by atoms with E-state index in [0.717, 1.165) is 12.8 Å². The monoisotopic (exact) mass is 997 g/mol. The molecule has 2 aliphatic heterocycles. The fourth-order valence-corrected chi connectivity index (χ4v) is 13.0. The molecule has 386 valence electrons. The van der Waals surface area contributed by atoms with Gasteiger partial charge in [-0.25, -0.2) is 0 Å². The molecule has 0 aromatic heterocycles. The molecule has 0 unspecified atom stereocenters. The van der Waals surface area contributed by atoms with E-state index in [9.17, 15) is 0 Å². The zero-order valence-corrected chi connectivity index (χ0v) is 48.6. The highest BCUT2D eigenvalue weighted by Gasteiger charge is 2.47. The van der Waals surface area contributed by atoms with Gasteiger partial charge in [-0.3, -0.25) is 0 Å². The summed E-state index contributed by atoms with van der Waals surface area (Å²) in [5, 5.41) is 0. The van der Waals surface area contributed by atoms with Crippen molar-refractivity contribution in [2.45, 2.75) is 162 Å². The SMILES string of the molecule is CC(C)c1cc2c3c(c1)N(c1ccc(C(C)(C)C)cc1-c1cccc(C(C)(C)C)c1)c1cc4c(cc1B3c1cc(C(C)(C)c3ccccc3)ccc1N2c1ccc(C(C)(C)c2ccccc2)cc1)C(C)(C)CCC4(C)C. The Hall–Kier alpha value is -6.58. The van der Waals surface area contributed by atoms with Crippen molar-refractivity contribution in [3.63, 3.8) is 0 Å². The molecule has 8 aromatic carbocycles. The van der Waals surface area contributed by atoms with Crippen LogP contribution >= 0.6 is 0 Å². The van der Waals surface area contributed by atoms with E-state index in [1.165, 1.54) is 112 Å². The molecular weight excluding hydrogens is 916 g/mol. The minimum Gasteiger partial charge on any atom is -0.311 e. The second-order valence-corrected chi connectivity index (χ2v) is 27.6. The van der Waals surface area contributed by atoms with Crippen LogP contribution in [0.1, 0.15) is 180 Å². The molecule has 3 heteroatoms. The highest BCUT2D eigenvalue weighted by Crippen LogP contribution is 2.53. The summed E-state index contributed by atoms with van der Waals surface area (Å²) in [5.41, 5.74) is 25.9. The molecule has 76 heavy (non-hydrogen) atoms. The van der Waals surface area contributed by atoms with Gasteiger partial charge in [-0.15, -0.1) is 0 Å². The second-order valence-electron chi connectivity index (χ2n) is 27.6. The summed E-state index contributed by atoms with van der Waals surface area (Å²) >= 11 is 0. The maximum atomic E-state index is 2.73. The first-order valence-electron chi connectivity index (χ1n) is 28.4. The second kappa shape index (κ2) is 18.0. The predicted molar refractivity (Wildman–Crippen MR) is 330 cm³/mol. The predicted octanol–water partition coefficient (Wildman–Crippen LogP) is 18.2. The molecular formula is C73H81BN2. The average Bonchev–Trinajstić information content (AvgIpc) is 3.41. The van der Waals surface area contributed by atoms with E-state index in [1.807, 2.05) is 0 Å². The first-order valence-corrected chi connectivity index (χ1v) is 28.4. The van der Waals surface area contributed by atoms with Crippen molar-refractivity contribution < 1.29 is 0 Å². The van der Waals surface area contributed by atoms with Crippen LogP contribution in [0.4, 0.5) is 34.1 Å². The fourth-order valence-electron chi connectivity index (χ4n) is 13.0. The minimum absolute atomic E-state index is 0.00607. The molecule has 0 N–H and O–H groups in total. The summed E-state index contributed by atoms with van der Waals surface area (Å²) in [5.74, 6) is 0.282. The molecule has 1 aliphatic carbocycles. The average molecular weight is 997 g/mol. The van der Waals surface area contributed by atoms with Crippen LogP contribution in [0.15, 0.2) is 170 Å². The van der Waals surface area contributed by atoms with Crippen molar-refractivity contribution in [3.8, 4) is 11.1 Å². The Bertz CT molecular complexity index is 3520. The van der Waals surface area contributed by atoms with Crippen LogP contribution in [0.3, 0.4) is 0 Å². The number of nitrogens with zero attached hydrogens (tertiary/aromatic N) is 2. The smallest absolute Gasteiger partial charge is 0.252 e. The largest absolute Gasteiger partial charge is 0.311 e. The van der Waals surface area contributed by atoms with Gasteiger partial charge in [-0.2, -0.15) is 0 Å². The topological polar surface area (TPSA) is 6.48 Å². The van der Waals surface area contributed by atoms with Crippen molar-refractivity contribution in [1.82, 2.24) is 0 Å². The van der Waals surface area contributed by atoms with Crippen LogP contribution in [0.2, 0.25) is 0 Å². The van der Waals surface area contributed by atoms with Crippen LogP contribution in [0.25, 0.3) is 11.1 Å². The van der Waals surface area contributed by atoms with Crippen molar-refractivity contribution in [3.05, 3.63) is 220 Å². The van der Waals surface area contributed by atoms with E-state index in [-0.39, 0.29) is 45.1 Å². The van der Waals surface area contributed by atoms with Crippen molar-refractivity contribution in [2.24, 2.45) is 0 Å². The summed E-state index contributed by atoms with van der Waals surface area (Å²) in [6, 6.07) is 66.4. The quantitative estimate of drug-likeness (QED) is 0.140. The highest BCUT2D eigenvalue weighted by atomic mass is 15.2. The normalized spacial score (nSPS) is 15.8. The molecule has 2 heterocycles. The third-order valence-corrected chi connectivity index (χ3v) is 18.4. The maximum Gasteiger partial charge on any atom is 0.252 e. The lowest BCUT2D eigenvalue weighted by Crippen LogP contribution is -2.62. The van der Waals surface area contributed by atoms with Crippen LogP contribution < -0.4 is 26.2 Å². The standard InChI is InChI=1S/C73H81BN2/c1-47(2)49-41-65-67-66(42-49)76(62-36-32-54(69(6,7)8)43-57(62)48-24-23-29-53(40-48)68(3,4)5)64-46-59-58(70(9,10)38-39-71(59,11)12)45-61(64)74(67)60-44-55(73(15,16)51-27-21-18-22-28-51)33-37-63(60)75(65)56-34-30-52(31-35-56)72(13,14)50-25-19-17-20-26-50/h17-37,40-47H,38-39H2,1-16H3. The first-order chi connectivity index (χ1) is 35.8. The van der Waals surface area contributed by atoms with E-state index in [0.29, 0.717) is 0 Å². The first kappa shape index (κ1) is 51.5. The van der Waals surface area contributed by atoms with Gasteiger partial charge in [-0.1, -0.05) is 232 Å². The molecule has 2 nitrogen and oxygen atoms in total. The number of anilines is 6. The van der Waals surface area contributed by atoms with Crippen LogP contribution in [-0.4, -0.2) is 6.71 Å². The Balaban J connectivity index is 1.26. The molecule has 3 aliphatic rings. The maximum absolute atomic E-state index is 2.73. The molecule has 8 aromatic rings. The molecule has 0 bridgehead atoms. The number of hydrogen-bond acceptors (Lipinski definition) is 2. The zero-order chi connectivity index (χ0) is 54.1. The minimum atomic E-state index is -0.243. The molecule has 11 rings (SSSR count). The third-order valence-electron chi connectivity index (χ3n) is 18.4. The fraction of sp³-hybridized carbons (Fsp3) is 0.342. The molecule has 0 amide bonds. The van der Waals surface area contributed by atoms with E-state index in [1.54, 1.807) is 0 Å². The van der Waals surface area contributed by atoms with Gasteiger partial charge in [0.15, 0.2) is 0 Å². The van der Waals surface area contributed by atoms with Crippen LogP contribution in [-0.2, 0) is 32.5 Å². The van der Waals surface area contributed by atoms with Crippen LogP contribution in [0, 0.1) is 0 Å². The van der Waals surface area contributed by atoms with E-state index in [2.05, 4.69) is 290 Å². The lowest BCUT2D eigenvalue weighted by molar-refractivity contribution is 0.332. The summed E-state index contributed by atoms with van der Waals surface area (Å²) in [6.07, 6.45) is 2.30. The van der Waals surface area contributed by atoms with Crippen molar-refractivity contribution >= 4 is 57.2 Å². The molecule has 0 saturated heterocycles. The van der Waals surface area contributed by atoms with Crippen molar-refractivity contribution in [1.29, 1.82) is 0 Å². The number of hydrogen-bond donors (Lipinski definition) is 0. The van der Waals surface area contributed by atoms with Gasteiger partial charge in [0.25, 0.3) is 6.71 Å². The molecule has 0 spiro atoms. The zero-order valence-electron chi connectivity index (χ0n) is 48.6. The molecule has 0 radical (unpaired) electrons. The van der Waals surface area contributed by atoms with Crippen molar-refractivity contribution in [2.75, 3.05) is 9.80 Å². The summed E-state index contributed by atoms with van der Waals surface area (Å²) in [6.45, 7) is 38.3. The van der Waals surface area contributed by atoms with Gasteiger partial charge in [0.05, 0.1) is 5.69 Å². The van der Waals surface area contributed by atoms with Crippen LogP contribution in [0.5, 0.6) is 0 Å².